The highest BCUT2D eigenvalue weighted by molar-refractivity contribution is 7.80. The third kappa shape index (κ3) is 3.08. The lowest BCUT2D eigenvalue weighted by Crippen LogP contribution is -2.58. The Labute approximate surface area is 104 Å². The Balaban J connectivity index is 1.75. The van der Waals surface area contributed by atoms with Gasteiger partial charge in [0, 0.05) is 19.1 Å². The molecule has 0 aromatic carbocycles. The monoisotopic (exact) mass is 241 g/mol. The Kier molecular flexibility index (Phi) is 4.03. The van der Waals surface area contributed by atoms with Gasteiger partial charge in [0.05, 0.1) is 0 Å². The lowest BCUT2D eigenvalue weighted by atomic mass is 9.84. The number of fused-ring (bicyclic) bond motifs is 3. The number of hydrogen-bond donors (Lipinski definition) is 2. The summed E-state index contributed by atoms with van der Waals surface area (Å²) in [6.07, 6.45) is 2.68. The maximum atomic E-state index is 5.33. The number of nitrogens with one attached hydrogen (secondary N) is 2. The summed E-state index contributed by atoms with van der Waals surface area (Å²) in [5.74, 6) is 1.48. The van der Waals surface area contributed by atoms with Crippen LogP contribution >= 0.6 is 12.2 Å². The van der Waals surface area contributed by atoms with E-state index >= 15 is 0 Å². The van der Waals surface area contributed by atoms with E-state index in [-0.39, 0.29) is 0 Å². The van der Waals surface area contributed by atoms with E-state index in [1.807, 2.05) is 0 Å². The van der Waals surface area contributed by atoms with Gasteiger partial charge >= 0.3 is 0 Å². The zero-order chi connectivity index (χ0) is 11.5. The summed E-state index contributed by atoms with van der Waals surface area (Å²) < 4.78 is 0. The Morgan fingerprint density at radius 1 is 1.38 bits per heavy atom. The standard InChI is InChI=1S/C12H23N3S/c1-9(2)7-13-12(16)14-11-8-15-5-3-10(11)4-6-15/h9-11H,3-8H2,1-2H3,(H2,13,14,16). The van der Waals surface area contributed by atoms with E-state index < -0.39 is 0 Å². The van der Waals surface area contributed by atoms with Crippen LogP contribution in [-0.4, -0.2) is 42.2 Å². The molecule has 3 rings (SSSR count). The van der Waals surface area contributed by atoms with Crippen LogP contribution < -0.4 is 10.6 Å². The third-order valence-electron chi connectivity index (χ3n) is 3.64. The quantitative estimate of drug-likeness (QED) is 0.726. The van der Waals surface area contributed by atoms with E-state index in [0.717, 1.165) is 17.6 Å². The van der Waals surface area contributed by atoms with Crippen molar-refractivity contribution in [3.8, 4) is 0 Å². The number of thiocarbonyl (C=S) groups is 1. The molecule has 0 aromatic heterocycles. The van der Waals surface area contributed by atoms with Crippen molar-refractivity contribution in [2.24, 2.45) is 11.8 Å². The molecular formula is C12H23N3S. The van der Waals surface area contributed by atoms with E-state index in [4.69, 9.17) is 12.2 Å². The van der Waals surface area contributed by atoms with Gasteiger partial charge in [0.2, 0.25) is 0 Å². The van der Waals surface area contributed by atoms with Crippen LogP contribution in [0.3, 0.4) is 0 Å². The summed E-state index contributed by atoms with van der Waals surface area (Å²) in [5, 5.41) is 7.62. The van der Waals surface area contributed by atoms with Gasteiger partial charge in [-0.25, -0.2) is 0 Å². The molecule has 2 N–H and O–H groups in total. The lowest BCUT2D eigenvalue weighted by molar-refractivity contribution is 0.0811. The van der Waals surface area contributed by atoms with Crippen LogP contribution in [0.1, 0.15) is 26.7 Å². The van der Waals surface area contributed by atoms with Crippen molar-refractivity contribution in [3.05, 3.63) is 0 Å². The molecule has 3 saturated heterocycles. The fraction of sp³-hybridized carbons (Fsp3) is 0.917. The fourth-order valence-corrected chi connectivity index (χ4v) is 2.88. The Morgan fingerprint density at radius 2 is 2.06 bits per heavy atom. The summed E-state index contributed by atoms with van der Waals surface area (Å²) in [5.41, 5.74) is 0. The van der Waals surface area contributed by atoms with E-state index in [1.54, 1.807) is 0 Å². The molecule has 0 aliphatic carbocycles. The van der Waals surface area contributed by atoms with Crippen LogP contribution in [0, 0.1) is 11.8 Å². The summed E-state index contributed by atoms with van der Waals surface area (Å²) >= 11 is 5.33. The minimum absolute atomic E-state index is 0.578. The van der Waals surface area contributed by atoms with Crippen molar-refractivity contribution in [3.63, 3.8) is 0 Å². The van der Waals surface area contributed by atoms with Crippen molar-refractivity contribution in [2.45, 2.75) is 32.7 Å². The highest BCUT2D eigenvalue weighted by Crippen LogP contribution is 2.27. The topological polar surface area (TPSA) is 27.3 Å². The third-order valence-corrected chi connectivity index (χ3v) is 3.91. The molecule has 0 saturated carbocycles. The summed E-state index contributed by atoms with van der Waals surface area (Å²) in [4.78, 5) is 2.54. The fourth-order valence-electron chi connectivity index (χ4n) is 2.64. The van der Waals surface area contributed by atoms with Gasteiger partial charge in [-0.05, 0) is 50.0 Å². The van der Waals surface area contributed by atoms with E-state index in [0.29, 0.717) is 12.0 Å². The Bertz CT molecular complexity index is 247. The predicted molar refractivity (Wildman–Crippen MR) is 71.5 cm³/mol. The van der Waals surface area contributed by atoms with Crippen LogP contribution in [0.25, 0.3) is 0 Å². The molecule has 2 bridgehead atoms. The van der Waals surface area contributed by atoms with Gasteiger partial charge in [0.1, 0.15) is 0 Å². The van der Waals surface area contributed by atoms with Crippen LogP contribution in [0.4, 0.5) is 0 Å². The molecule has 3 aliphatic rings. The number of piperidine rings is 3. The molecular weight excluding hydrogens is 218 g/mol. The first-order chi connectivity index (χ1) is 7.65. The SMILES string of the molecule is CC(C)CNC(=S)NC1CN2CCC1CC2. The molecule has 4 heteroatoms. The Morgan fingerprint density at radius 3 is 2.56 bits per heavy atom. The van der Waals surface area contributed by atoms with Crippen molar-refractivity contribution in [1.29, 1.82) is 0 Å². The summed E-state index contributed by atoms with van der Waals surface area (Å²) in [6, 6.07) is 0.578. The molecule has 0 radical (unpaired) electrons. The first kappa shape index (κ1) is 12.1. The maximum absolute atomic E-state index is 5.33. The van der Waals surface area contributed by atoms with Gasteiger partial charge < -0.3 is 15.5 Å². The Hall–Kier alpha value is -0.350. The van der Waals surface area contributed by atoms with Gasteiger partial charge in [-0.2, -0.15) is 0 Å². The number of nitrogens with zero attached hydrogens (tertiary/aromatic N) is 1. The minimum atomic E-state index is 0.578. The molecule has 0 amide bonds. The molecule has 0 aromatic rings. The number of rotatable bonds is 3. The molecule has 1 atom stereocenters. The maximum Gasteiger partial charge on any atom is 0.166 e. The van der Waals surface area contributed by atoms with Gasteiger partial charge in [0.15, 0.2) is 5.11 Å². The highest BCUT2D eigenvalue weighted by atomic mass is 32.1. The minimum Gasteiger partial charge on any atom is -0.362 e. The van der Waals surface area contributed by atoms with Gasteiger partial charge in [0.25, 0.3) is 0 Å². The van der Waals surface area contributed by atoms with Crippen LogP contribution in [0.5, 0.6) is 0 Å². The first-order valence-corrected chi connectivity index (χ1v) is 6.82. The average molecular weight is 241 g/mol. The van der Waals surface area contributed by atoms with Crippen LogP contribution in [0.15, 0.2) is 0 Å². The number of hydrogen-bond acceptors (Lipinski definition) is 2. The van der Waals surface area contributed by atoms with E-state index in [2.05, 4.69) is 29.4 Å². The highest BCUT2D eigenvalue weighted by Gasteiger charge is 2.34. The molecule has 3 nitrogen and oxygen atoms in total. The molecule has 3 heterocycles. The molecule has 1 unspecified atom stereocenters. The molecule has 3 fully saturated rings. The first-order valence-electron chi connectivity index (χ1n) is 6.42. The smallest absolute Gasteiger partial charge is 0.166 e. The van der Waals surface area contributed by atoms with E-state index in [1.165, 1.54) is 32.5 Å². The molecule has 0 spiro atoms. The largest absolute Gasteiger partial charge is 0.362 e. The second-order valence-corrected chi connectivity index (χ2v) is 5.90. The van der Waals surface area contributed by atoms with Gasteiger partial charge in [-0.15, -0.1) is 0 Å². The van der Waals surface area contributed by atoms with Crippen LogP contribution in [-0.2, 0) is 0 Å². The van der Waals surface area contributed by atoms with Gasteiger partial charge in [-0.3, -0.25) is 0 Å². The summed E-state index contributed by atoms with van der Waals surface area (Å²) in [6.45, 7) is 9.11. The zero-order valence-electron chi connectivity index (χ0n) is 10.3. The van der Waals surface area contributed by atoms with E-state index in [9.17, 15) is 0 Å². The lowest BCUT2D eigenvalue weighted by Gasteiger charge is -2.45. The van der Waals surface area contributed by atoms with Crippen molar-refractivity contribution in [2.75, 3.05) is 26.2 Å². The molecule has 92 valence electrons. The predicted octanol–water partition coefficient (Wildman–Crippen LogP) is 1.20. The average Bonchev–Trinajstić information content (AvgIpc) is 2.28. The van der Waals surface area contributed by atoms with Crippen molar-refractivity contribution >= 4 is 17.3 Å². The molecule has 16 heavy (non-hydrogen) atoms. The second-order valence-electron chi connectivity index (χ2n) is 5.49. The van der Waals surface area contributed by atoms with Crippen molar-refractivity contribution < 1.29 is 0 Å². The normalized spacial score (nSPS) is 32.8. The van der Waals surface area contributed by atoms with Gasteiger partial charge in [-0.1, -0.05) is 13.8 Å². The zero-order valence-corrected chi connectivity index (χ0v) is 11.1. The second kappa shape index (κ2) is 5.32. The summed E-state index contributed by atoms with van der Waals surface area (Å²) in [7, 11) is 0. The van der Waals surface area contributed by atoms with Crippen LogP contribution in [0.2, 0.25) is 0 Å². The van der Waals surface area contributed by atoms with Crippen molar-refractivity contribution in [1.82, 2.24) is 15.5 Å². The molecule has 3 aliphatic heterocycles.